The van der Waals surface area contributed by atoms with Gasteiger partial charge in [-0.1, -0.05) is 23.7 Å². The van der Waals surface area contributed by atoms with Crippen LogP contribution < -0.4 is 16.0 Å². The van der Waals surface area contributed by atoms with Gasteiger partial charge in [0, 0.05) is 11.6 Å². The van der Waals surface area contributed by atoms with E-state index in [1.807, 2.05) is 0 Å². The van der Waals surface area contributed by atoms with Gasteiger partial charge in [0.15, 0.2) is 0 Å². The number of benzene rings is 2. The fourth-order valence-corrected chi connectivity index (χ4v) is 2.15. The zero-order valence-corrected chi connectivity index (χ0v) is 11.4. The molecule has 0 aromatic heterocycles. The molecule has 1 atom stereocenters. The van der Waals surface area contributed by atoms with Gasteiger partial charge in [-0.15, -0.1) is 0 Å². The Hall–Kier alpha value is -1.69. The number of rotatable bonds is 4. The van der Waals surface area contributed by atoms with E-state index in [2.05, 4.69) is 5.43 Å². The van der Waals surface area contributed by atoms with Crippen molar-refractivity contribution in [1.29, 1.82) is 0 Å². The standard InChI is InChI=1S/C14H13ClF2N2O/c1-20-13-6-8(2-5-11(13)15)14(19-18)10-4-3-9(16)7-12(10)17/h2-7,14,19H,18H2,1H3. The van der Waals surface area contributed by atoms with Gasteiger partial charge in [0.1, 0.15) is 17.4 Å². The first-order chi connectivity index (χ1) is 9.56. The second kappa shape index (κ2) is 6.17. The summed E-state index contributed by atoms with van der Waals surface area (Å²) >= 11 is 5.94. The maximum Gasteiger partial charge on any atom is 0.137 e. The number of hydrogen-bond donors (Lipinski definition) is 2. The molecule has 0 spiro atoms. The molecule has 0 heterocycles. The highest BCUT2D eigenvalue weighted by Crippen LogP contribution is 2.31. The summed E-state index contributed by atoms with van der Waals surface area (Å²) in [5, 5.41) is 0.437. The topological polar surface area (TPSA) is 47.3 Å². The van der Waals surface area contributed by atoms with Crippen molar-refractivity contribution < 1.29 is 13.5 Å². The van der Waals surface area contributed by atoms with Gasteiger partial charge < -0.3 is 4.74 Å². The van der Waals surface area contributed by atoms with E-state index in [0.717, 1.165) is 6.07 Å². The monoisotopic (exact) mass is 298 g/mol. The van der Waals surface area contributed by atoms with Crippen molar-refractivity contribution in [3.8, 4) is 5.75 Å². The summed E-state index contributed by atoms with van der Waals surface area (Å²) in [5.41, 5.74) is 3.39. The number of ether oxygens (including phenoxy) is 1. The summed E-state index contributed by atoms with van der Waals surface area (Å²) in [5.74, 6) is 4.62. The maximum atomic E-state index is 13.8. The SMILES string of the molecule is COc1cc(C(NN)c2ccc(F)cc2F)ccc1Cl. The molecular formula is C14H13ClF2N2O. The van der Waals surface area contributed by atoms with Crippen LogP contribution in [0.15, 0.2) is 36.4 Å². The highest BCUT2D eigenvalue weighted by Gasteiger charge is 2.18. The lowest BCUT2D eigenvalue weighted by molar-refractivity contribution is 0.413. The quantitative estimate of drug-likeness (QED) is 0.673. The third-order valence-electron chi connectivity index (χ3n) is 2.95. The molecule has 2 rings (SSSR count). The van der Waals surface area contributed by atoms with Crippen LogP contribution in [0.1, 0.15) is 17.2 Å². The fourth-order valence-electron chi connectivity index (χ4n) is 1.96. The Morgan fingerprint density at radius 2 is 1.95 bits per heavy atom. The molecule has 3 nitrogen and oxygen atoms in total. The first-order valence-corrected chi connectivity index (χ1v) is 6.19. The Morgan fingerprint density at radius 3 is 2.55 bits per heavy atom. The summed E-state index contributed by atoms with van der Waals surface area (Å²) in [6.45, 7) is 0. The van der Waals surface area contributed by atoms with E-state index in [-0.39, 0.29) is 5.56 Å². The average Bonchev–Trinajstić information content (AvgIpc) is 2.43. The van der Waals surface area contributed by atoms with Gasteiger partial charge >= 0.3 is 0 Å². The van der Waals surface area contributed by atoms with Crippen molar-refractivity contribution in [2.24, 2.45) is 5.84 Å². The van der Waals surface area contributed by atoms with Crippen LogP contribution in [0, 0.1) is 11.6 Å². The number of nitrogens with two attached hydrogens (primary N) is 1. The average molecular weight is 299 g/mol. The van der Waals surface area contributed by atoms with E-state index in [1.165, 1.54) is 19.2 Å². The predicted molar refractivity (Wildman–Crippen MR) is 73.5 cm³/mol. The Labute approximate surface area is 120 Å². The molecule has 0 bridgehead atoms. The normalized spacial score (nSPS) is 12.2. The highest BCUT2D eigenvalue weighted by molar-refractivity contribution is 6.32. The predicted octanol–water partition coefficient (Wildman–Crippen LogP) is 3.18. The number of methoxy groups -OCH3 is 1. The van der Waals surface area contributed by atoms with Gasteiger partial charge in [-0.2, -0.15) is 0 Å². The van der Waals surface area contributed by atoms with Gasteiger partial charge in [-0.3, -0.25) is 5.84 Å². The zero-order valence-electron chi connectivity index (χ0n) is 10.7. The van der Waals surface area contributed by atoms with E-state index in [4.69, 9.17) is 22.2 Å². The van der Waals surface area contributed by atoms with E-state index in [0.29, 0.717) is 16.3 Å². The van der Waals surface area contributed by atoms with Gasteiger partial charge in [0.25, 0.3) is 0 Å². The largest absolute Gasteiger partial charge is 0.495 e. The molecular weight excluding hydrogens is 286 g/mol. The molecule has 0 saturated heterocycles. The molecule has 0 aliphatic heterocycles. The third-order valence-corrected chi connectivity index (χ3v) is 3.26. The van der Waals surface area contributed by atoms with E-state index >= 15 is 0 Å². The molecule has 0 amide bonds. The lowest BCUT2D eigenvalue weighted by atomic mass is 9.98. The number of halogens is 3. The molecule has 6 heteroatoms. The van der Waals surface area contributed by atoms with Gasteiger partial charge in [-0.25, -0.2) is 14.2 Å². The molecule has 3 N–H and O–H groups in total. The van der Waals surface area contributed by atoms with Crippen molar-refractivity contribution in [1.82, 2.24) is 5.43 Å². The second-order valence-electron chi connectivity index (χ2n) is 4.16. The Kier molecular flexibility index (Phi) is 4.54. The van der Waals surface area contributed by atoms with Crippen LogP contribution in [0.2, 0.25) is 5.02 Å². The minimum Gasteiger partial charge on any atom is -0.495 e. The minimum atomic E-state index is -0.679. The summed E-state index contributed by atoms with van der Waals surface area (Å²) in [6, 6.07) is 7.66. The van der Waals surface area contributed by atoms with Crippen molar-refractivity contribution in [3.63, 3.8) is 0 Å². The molecule has 0 saturated carbocycles. The Morgan fingerprint density at radius 1 is 1.20 bits per heavy atom. The molecule has 20 heavy (non-hydrogen) atoms. The number of hydrazine groups is 1. The van der Waals surface area contributed by atoms with Crippen LogP contribution in [0.3, 0.4) is 0 Å². The summed E-state index contributed by atoms with van der Waals surface area (Å²) in [6.07, 6.45) is 0. The Balaban J connectivity index is 2.46. The molecule has 1 unspecified atom stereocenters. The molecule has 0 aliphatic rings. The fraction of sp³-hybridized carbons (Fsp3) is 0.143. The number of hydrogen-bond acceptors (Lipinski definition) is 3. The van der Waals surface area contributed by atoms with Gasteiger partial charge in [0.2, 0.25) is 0 Å². The van der Waals surface area contributed by atoms with Crippen molar-refractivity contribution in [3.05, 3.63) is 64.2 Å². The van der Waals surface area contributed by atoms with Crippen LogP contribution >= 0.6 is 11.6 Å². The highest BCUT2D eigenvalue weighted by atomic mass is 35.5. The van der Waals surface area contributed by atoms with Gasteiger partial charge in [0.05, 0.1) is 18.2 Å². The van der Waals surface area contributed by atoms with Crippen molar-refractivity contribution in [2.45, 2.75) is 6.04 Å². The smallest absolute Gasteiger partial charge is 0.137 e. The van der Waals surface area contributed by atoms with E-state index in [1.54, 1.807) is 18.2 Å². The van der Waals surface area contributed by atoms with Crippen LogP contribution in [0.5, 0.6) is 5.75 Å². The van der Waals surface area contributed by atoms with Crippen LogP contribution in [0.4, 0.5) is 8.78 Å². The summed E-state index contributed by atoms with van der Waals surface area (Å²) in [4.78, 5) is 0. The second-order valence-corrected chi connectivity index (χ2v) is 4.57. The Bertz CT molecular complexity index is 622. The van der Waals surface area contributed by atoms with Crippen LogP contribution in [-0.4, -0.2) is 7.11 Å². The van der Waals surface area contributed by atoms with Crippen LogP contribution in [-0.2, 0) is 0 Å². The molecule has 0 aliphatic carbocycles. The number of nitrogens with one attached hydrogen (secondary N) is 1. The summed E-state index contributed by atoms with van der Waals surface area (Å²) in [7, 11) is 1.48. The third kappa shape index (κ3) is 2.90. The lowest BCUT2D eigenvalue weighted by Gasteiger charge is -2.18. The van der Waals surface area contributed by atoms with E-state index < -0.39 is 17.7 Å². The van der Waals surface area contributed by atoms with Gasteiger partial charge in [-0.05, 0) is 23.8 Å². The van der Waals surface area contributed by atoms with Crippen molar-refractivity contribution >= 4 is 11.6 Å². The first kappa shape index (κ1) is 14.7. The van der Waals surface area contributed by atoms with Crippen molar-refractivity contribution in [2.75, 3.05) is 7.11 Å². The van der Waals surface area contributed by atoms with E-state index in [9.17, 15) is 8.78 Å². The first-order valence-electron chi connectivity index (χ1n) is 5.81. The summed E-state index contributed by atoms with van der Waals surface area (Å²) < 4.78 is 31.9. The molecule has 106 valence electrons. The minimum absolute atomic E-state index is 0.235. The lowest BCUT2D eigenvalue weighted by Crippen LogP contribution is -2.29. The molecule has 0 fully saturated rings. The molecule has 0 radical (unpaired) electrons. The maximum absolute atomic E-state index is 13.8. The molecule has 2 aromatic carbocycles. The molecule has 2 aromatic rings. The van der Waals surface area contributed by atoms with Crippen LogP contribution in [0.25, 0.3) is 0 Å². The zero-order chi connectivity index (χ0) is 14.7.